The first kappa shape index (κ1) is 21.1. The van der Waals surface area contributed by atoms with Gasteiger partial charge in [0.15, 0.2) is 0 Å². The van der Waals surface area contributed by atoms with E-state index in [1.54, 1.807) is 47.2 Å². The molecular weight excluding hydrogens is 432 g/mol. The number of nitriles is 2. The van der Waals surface area contributed by atoms with Crippen LogP contribution in [0.15, 0.2) is 36.9 Å². The van der Waals surface area contributed by atoms with Gasteiger partial charge >= 0.3 is 0 Å². The van der Waals surface area contributed by atoms with Crippen LogP contribution in [0.1, 0.15) is 24.0 Å². The number of nitrogens with one attached hydrogen (secondary N) is 1. The van der Waals surface area contributed by atoms with Gasteiger partial charge in [-0.15, -0.1) is 0 Å². The van der Waals surface area contributed by atoms with Gasteiger partial charge < -0.3 is 9.88 Å². The maximum atomic E-state index is 9.53. The number of halogens is 1. The number of piperidine rings is 1. The maximum Gasteiger partial charge on any atom is 0.223 e. The summed E-state index contributed by atoms with van der Waals surface area (Å²) in [5, 5.41) is 22.4. The number of rotatable bonds is 5. The zero-order valence-electron chi connectivity index (χ0n) is 16.8. The molecule has 0 spiro atoms. The van der Waals surface area contributed by atoms with E-state index in [4.69, 9.17) is 16.9 Å². The van der Waals surface area contributed by atoms with Gasteiger partial charge in [-0.05, 0) is 37.3 Å². The van der Waals surface area contributed by atoms with E-state index in [2.05, 4.69) is 43.0 Å². The summed E-state index contributed by atoms with van der Waals surface area (Å²) in [5.41, 5.74) is 2.52. The van der Waals surface area contributed by atoms with Crippen LogP contribution >= 0.6 is 23.5 Å². The van der Waals surface area contributed by atoms with Crippen LogP contribution < -0.4 is 5.32 Å². The van der Waals surface area contributed by atoms with Gasteiger partial charge in [0, 0.05) is 25.3 Å². The van der Waals surface area contributed by atoms with Crippen molar-refractivity contribution in [1.82, 2.24) is 23.8 Å². The number of aromatic nitrogens is 4. The van der Waals surface area contributed by atoms with Crippen molar-refractivity contribution in [1.29, 1.82) is 10.5 Å². The van der Waals surface area contributed by atoms with Crippen molar-refractivity contribution < 1.29 is 0 Å². The van der Waals surface area contributed by atoms with E-state index in [1.165, 1.54) is 6.20 Å². The second-order valence-corrected chi connectivity index (χ2v) is 8.33. The zero-order chi connectivity index (χ0) is 21.8. The molecule has 1 N–H and O–H groups in total. The fourth-order valence-electron chi connectivity index (χ4n) is 3.46. The Morgan fingerprint density at radius 2 is 2.00 bits per heavy atom. The predicted molar refractivity (Wildman–Crippen MR) is 121 cm³/mol. The lowest BCUT2D eigenvalue weighted by atomic mass is 10.1. The molecule has 3 aromatic rings. The second-order valence-electron chi connectivity index (χ2n) is 7.04. The Labute approximate surface area is 189 Å². The molecule has 0 bridgehead atoms. The highest BCUT2D eigenvalue weighted by atomic mass is 35.5. The molecule has 1 fully saturated rings. The quantitative estimate of drug-likeness (QED) is 0.583. The highest BCUT2D eigenvalue weighted by Gasteiger charge is 2.20. The van der Waals surface area contributed by atoms with Crippen LogP contribution in [0.5, 0.6) is 0 Å². The minimum absolute atomic E-state index is 0.291. The van der Waals surface area contributed by atoms with E-state index in [9.17, 15) is 5.26 Å². The number of benzene rings is 1. The molecule has 0 aliphatic carbocycles. The average Bonchev–Trinajstić information content (AvgIpc) is 3.29. The summed E-state index contributed by atoms with van der Waals surface area (Å²) in [5.74, 6) is 0.488. The Morgan fingerprint density at radius 3 is 2.68 bits per heavy atom. The molecule has 4 rings (SSSR count). The monoisotopic (exact) mass is 450 g/mol. The van der Waals surface area contributed by atoms with Gasteiger partial charge in [0.05, 0.1) is 34.1 Å². The Hall–Kier alpha value is -3.11. The molecule has 31 heavy (non-hydrogen) atoms. The molecule has 156 valence electrons. The van der Waals surface area contributed by atoms with Gasteiger partial charge in [-0.25, -0.2) is 15.0 Å². The van der Waals surface area contributed by atoms with Gasteiger partial charge in [-0.3, -0.25) is 4.31 Å². The van der Waals surface area contributed by atoms with Crippen molar-refractivity contribution in [2.75, 3.05) is 24.7 Å². The van der Waals surface area contributed by atoms with E-state index in [0.29, 0.717) is 45.2 Å². The van der Waals surface area contributed by atoms with Gasteiger partial charge in [0.2, 0.25) is 5.95 Å². The standard InChI is InChI=1S/C21H19ClN8S/c1-31-30-6-4-16(5-7-30)27-21-25-11-15(10-24)20(28-21)18-12-29(13-26-18)19-3-2-14(9-23)8-17(19)22/h2-3,8,11-13,16H,4-7H2,1H3,(H,25,27,28). The first-order valence-electron chi connectivity index (χ1n) is 9.68. The second kappa shape index (κ2) is 9.36. The maximum absolute atomic E-state index is 9.53. The van der Waals surface area contributed by atoms with Crippen LogP contribution in [0, 0.1) is 22.7 Å². The Bertz CT molecular complexity index is 1170. The number of anilines is 1. The summed E-state index contributed by atoms with van der Waals surface area (Å²) < 4.78 is 4.08. The number of imidazole rings is 1. The van der Waals surface area contributed by atoms with Gasteiger partial charge in [0.1, 0.15) is 23.8 Å². The van der Waals surface area contributed by atoms with E-state index in [1.807, 2.05) is 0 Å². The molecule has 8 nitrogen and oxygen atoms in total. The molecule has 1 aliphatic heterocycles. The summed E-state index contributed by atoms with van der Waals surface area (Å²) >= 11 is 8.08. The minimum Gasteiger partial charge on any atom is -0.351 e. The molecule has 0 unspecified atom stereocenters. The van der Waals surface area contributed by atoms with Crippen molar-refractivity contribution in [2.45, 2.75) is 18.9 Å². The van der Waals surface area contributed by atoms with Crippen LogP contribution in [0.4, 0.5) is 5.95 Å². The van der Waals surface area contributed by atoms with E-state index in [-0.39, 0.29) is 0 Å². The van der Waals surface area contributed by atoms with Crippen LogP contribution in [0.25, 0.3) is 17.1 Å². The lowest BCUT2D eigenvalue weighted by Crippen LogP contribution is -2.35. The van der Waals surface area contributed by atoms with Crippen molar-refractivity contribution >= 4 is 29.5 Å². The molecule has 1 saturated heterocycles. The fraction of sp³-hybridized carbons (Fsp3) is 0.286. The number of hydrogen-bond donors (Lipinski definition) is 1. The van der Waals surface area contributed by atoms with Crippen molar-refractivity contribution in [3.05, 3.63) is 53.1 Å². The molecule has 0 saturated carbocycles. The molecule has 3 heterocycles. The smallest absolute Gasteiger partial charge is 0.223 e. The summed E-state index contributed by atoms with van der Waals surface area (Å²) in [6.07, 6.45) is 8.99. The van der Waals surface area contributed by atoms with E-state index >= 15 is 0 Å². The van der Waals surface area contributed by atoms with Crippen LogP contribution in [0.2, 0.25) is 5.02 Å². The molecule has 1 aromatic carbocycles. The third-order valence-corrected chi connectivity index (χ3v) is 6.32. The molecule has 10 heteroatoms. The zero-order valence-corrected chi connectivity index (χ0v) is 18.4. The Morgan fingerprint density at radius 1 is 1.19 bits per heavy atom. The van der Waals surface area contributed by atoms with Gasteiger partial charge in [-0.2, -0.15) is 10.5 Å². The van der Waals surface area contributed by atoms with Crippen LogP contribution in [0.3, 0.4) is 0 Å². The number of hydrogen-bond acceptors (Lipinski definition) is 8. The fourth-order valence-corrected chi connectivity index (χ4v) is 4.31. The number of nitrogens with zero attached hydrogens (tertiary/aromatic N) is 7. The largest absolute Gasteiger partial charge is 0.351 e. The summed E-state index contributed by atoms with van der Waals surface area (Å²) in [6, 6.07) is 9.55. The first-order chi connectivity index (χ1) is 15.1. The SMILES string of the molecule is CSN1CCC(Nc2ncc(C#N)c(-c3cn(-c4ccc(C#N)cc4Cl)cn3)n2)CC1. The third kappa shape index (κ3) is 4.64. The van der Waals surface area contributed by atoms with Crippen molar-refractivity contribution in [3.63, 3.8) is 0 Å². The summed E-state index contributed by atoms with van der Waals surface area (Å²) in [7, 11) is 0. The minimum atomic E-state index is 0.291. The molecule has 0 amide bonds. The van der Waals surface area contributed by atoms with Gasteiger partial charge in [-0.1, -0.05) is 23.5 Å². The summed E-state index contributed by atoms with van der Waals surface area (Å²) in [4.78, 5) is 13.3. The molecular formula is C21H19ClN8S. The van der Waals surface area contributed by atoms with Crippen LogP contribution in [-0.2, 0) is 0 Å². The lowest BCUT2D eigenvalue weighted by molar-refractivity contribution is 0.358. The molecule has 0 atom stereocenters. The third-order valence-electron chi connectivity index (χ3n) is 5.13. The Balaban J connectivity index is 1.59. The van der Waals surface area contributed by atoms with Crippen LogP contribution in [-0.4, -0.2) is 49.2 Å². The van der Waals surface area contributed by atoms with Gasteiger partial charge in [0.25, 0.3) is 0 Å². The average molecular weight is 451 g/mol. The highest BCUT2D eigenvalue weighted by molar-refractivity contribution is 7.96. The lowest BCUT2D eigenvalue weighted by Gasteiger charge is -2.30. The predicted octanol–water partition coefficient (Wildman–Crippen LogP) is 3.88. The Kier molecular flexibility index (Phi) is 6.38. The van der Waals surface area contributed by atoms with Crippen molar-refractivity contribution in [3.8, 4) is 29.2 Å². The summed E-state index contributed by atoms with van der Waals surface area (Å²) in [6.45, 7) is 2.02. The topological polar surface area (TPSA) is 106 Å². The molecule has 1 aliphatic rings. The first-order valence-corrected chi connectivity index (χ1v) is 11.2. The van der Waals surface area contributed by atoms with E-state index in [0.717, 1.165) is 25.9 Å². The molecule has 2 aromatic heterocycles. The van der Waals surface area contributed by atoms with E-state index < -0.39 is 0 Å². The normalized spacial score (nSPS) is 14.7. The van der Waals surface area contributed by atoms with Crippen molar-refractivity contribution in [2.24, 2.45) is 0 Å². The molecule has 0 radical (unpaired) electrons. The highest BCUT2D eigenvalue weighted by Crippen LogP contribution is 2.26.